The Morgan fingerprint density at radius 2 is 0.824 bits per heavy atom. The molecule has 0 bridgehead atoms. The van der Waals surface area contributed by atoms with Crippen LogP contribution >= 0.6 is 0 Å². The van der Waals surface area contributed by atoms with Crippen LogP contribution in [0.4, 0.5) is 28.4 Å². The second kappa shape index (κ2) is 18.4. The Balaban J connectivity index is 0.985. The van der Waals surface area contributed by atoms with E-state index in [0.717, 1.165) is 52.4 Å². The Kier molecular flexibility index (Phi) is 11.9. The van der Waals surface area contributed by atoms with Crippen LogP contribution in [0.25, 0.3) is 45.8 Å². The summed E-state index contributed by atoms with van der Waals surface area (Å²) in [4.78, 5) is 4.87. The van der Waals surface area contributed by atoms with E-state index >= 15 is 0 Å². The van der Waals surface area contributed by atoms with E-state index in [1.807, 2.05) is 12.2 Å². The number of hydrogen-bond donors (Lipinski definition) is 0. The summed E-state index contributed by atoms with van der Waals surface area (Å²) in [6.07, 6.45) is 8.13. The Morgan fingerprint density at radius 3 is 1.32 bits per heavy atom. The van der Waals surface area contributed by atoms with Gasteiger partial charge in [0.05, 0.1) is 5.69 Å². The quantitative estimate of drug-likeness (QED) is 0.114. The van der Waals surface area contributed by atoms with Gasteiger partial charge in [0.15, 0.2) is 0 Å². The van der Waals surface area contributed by atoms with Gasteiger partial charge in [-0.2, -0.15) is 0 Å². The largest absolute Gasteiger partial charge is 0.314 e. The summed E-state index contributed by atoms with van der Waals surface area (Å²) >= 11 is 0. The fraction of sp³-hybridized carbons (Fsp3) is 0.121. The second-order valence-electron chi connectivity index (χ2n) is 19.0. The molecule has 332 valence electrons. The molecule has 0 radical (unpaired) electrons. The predicted molar refractivity (Wildman–Crippen MR) is 293 cm³/mol. The summed E-state index contributed by atoms with van der Waals surface area (Å²) in [5.74, 6) is 0. The monoisotopic (exact) mass is 878 g/mol. The Bertz CT molecular complexity index is 3370. The molecule has 0 saturated carbocycles. The lowest BCUT2D eigenvalue weighted by atomic mass is 9.78. The van der Waals surface area contributed by atoms with Gasteiger partial charge in [0.2, 0.25) is 0 Å². The minimum atomic E-state index is -0.171. The average Bonchev–Trinajstić information content (AvgIpc) is 3.40. The highest BCUT2D eigenvalue weighted by atomic mass is 15.2. The molecule has 0 atom stereocenters. The zero-order valence-corrected chi connectivity index (χ0v) is 39.7. The molecule has 1 aliphatic carbocycles. The number of rotatable bonds is 13. The molecule has 10 rings (SSSR count). The summed E-state index contributed by atoms with van der Waals surface area (Å²) in [5.41, 5.74) is 16.3. The third-order valence-corrected chi connectivity index (χ3v) is 14.3. The molecule has 0 N–H and O–H groups in total. The van der Waals surface area contributed by atoms with Crippen molar-refractivity contribution in [3.8, 4) is 11.1 Å². The van der Waals surface area contributed by atoms with Crippen molar-refractivity contribution in [1.82, 2.24) is 0 Å². The minimum Gasteiger partial charge on any atom is -0.314 e. The highest BCUT2D eigenvalue weighted by molar-refractivity contribution is 5.99. The smallest absolute Gasteiger partial charge is 0.0540 e. The summed E-state index contributed by atoms with van der Waals surface area (Å²) in [6, 6.07) is 78.1. The van der Waals surface area contributed by atoms with E-state index in [2.05, 4.69) is 269 Å². The van der Waals surface area contributed by atoms with Gasteiger partial charge in [-0.15, -0.1) is 0 Å². The first-order valence-corrected chi connectivity index (χ1v) is 23.9. The lowest BCUT2D eigenvalue weighted by Crippen LogP contribution is -2.35. The highest BCUT2D eigenvalue weighted by Crippen LogP contribution is 2.42. The van der Waals surface area contributed by atoms with Gasteiger partial charge in [0.1, 0.15) is 0 Å². The molecule has 9 aromatic carbocycles. The fourth-order valence-corrected chi connectivity index (χ4v) is 10.0. The number of benzene rings is 9. The van der Waals surface area contributed by atoms with Crippen molar-refractivity contribution in [2.24, 2.45) is 0 Å². The van der Waals surface area contributed by atoms with Gasteiger partial charge in [-0.1, -0.05) is 217 Å². The molecule has 0 fully saturated rings. The SMILES string of the molecule is C=Cc1ccc(C(C)(C)c2ccc(N(C3=c4ccccc4=CCC3)c3ccc(-c4ccc(N(c5ccc(C(C)(C)c6ccc(C=C)cc6)cc5)c5cccc6ccccc56)cc4)cc3)cc2)cc1. The minimum absolute atomic E-state index is 0.160. The van der Waals surface area contributed by atoms with Gasteiger partial charge in [-0.3, -0.25) is 0 Å². The molecule has 2 nitrogen and oxygen atoms in total. The van der Waals surface area contributed by atoms with Gasteiger partial charge in [-0.25, -0.2) is 0 Å². The van der Waals surface area contributed by atoms with Gasteiger partial charge < -0.3 is 9.80 Å². The summed E-state index contributed by atoms with van der Waals surface area (Å²) < 4.78 is 0. The van der Waals surface area contributed by atoms with Gasteiger partial charge in [0, 0.05) is 49.9 Å². The van der Waals surface area contributed by atoms with Crippen molar-refractivity contribution in [3.63, 3.8) is 0 Å². The second-order valence-corrected chi connectivity index (χ2v) is 19.0. The maximum atomic E-state index is 3.95. The molecule has 1 aliphatic rings. The molecule has 0 aromatic heterocycles. The number of fused-ring (bicyclic) bond motifs is 2. The van der Waals surface area contributed by atoms with E-state index in [0.29, 0.717) is 0 Å². The first kappa shape index (κ1) is 43.9. The Morgan fingerprint density at radius 1 is 0.412 bits per heavy atom. The molecular formula is C66H58N2. The average molecular weight is 879 g/mol. The molecule has 9 aromatic rings. The maximum Gasteiger partial charge on any atom is 0.0540 e. The van der Waals surface area contributed by atoms with Crippen LogP contribution in [0, 0.1) is 0 Å². The molecule has 0 unspecified atom stereocenters. The van der Waals surface area contributed by atoms with Crippen LogP contribution in [-0.2, 0) is 10.8 Å². The number of anilines is 5. The fourth-order valence-electron chi connectivity index (χ4n) is 10.0. The third-order valence-electron chi connectivity index (χ3n) is 14.3. The van der Waals surface area contributed by atoms with Gasteiger partial charge in [-0.05, 0) is 123 Å². The van der Waals surface area contributed by atoms with Crippen molar-refractivity contribution in [3.05, 3.63) is 269 Å². The first-order valence-electron chi connectivity index (χ1n) is 23.9. The summed E-state index contributed by atoms with van der Waals surface area (Å²) in [7, 11) is 0. The topological polar surface area (TPSA) is 6.48 Å². The maximum absolute atomic E-state index is 3.95. The van der Waals surface area contributed by atoms with Crippen LogP contribution in [0.15, 0.2) is 225 Å². The van der Waals surface area contributed by atoms with E-state index in [-0.39, 0.29) is 10.8 Å². The zero-order chi connectivity index (χ0) is 46.8. The van der Waals surface area contributed by atoms with E-state index in [1.54, 1.807) is 0 Å². The number of hydrogen-bond acceptors (Lipinski definition) is 2. The van der Waals surface area contributed by atoms with Crippen molar-refractivity contribution in [1.29, 1.82) is 0 Å². The van der Waals surface area contributed by atoms with Crippen LogP contribution in [-0.4, -0.2) is 0 Å². The van der Waals surface area contributed by atoms with Gasteiger partial charge in [0.25, 0.3) is 0 Å². The standard InChI is InChI=1S/C66H58N2/c1-7-47-23-31-53(32-24-47)65(3,4)55-35-43-59(44-36-55)67(63-21-13-17-51-15-9-11-19-61(51)63)57-39-27-49(28-40-57)50-29-41-58(42-30-50)68(64-22-14-18-52-16-10-12-20-62(52)64)60-45-37-56(38-46-60)66(5,6)54-33-25-48(8-2)26-34-54/h7-13,15-21,23-46H,1-2,14,22H2,3-6H3. The zero-order valence-electron chi connectivity index (χ0n) is 39.7. The molecule has 0 heterocycles. The van der Waals surface area contributed by atoms with Crippen molar-refractivity contribution < 1.29 is 0 Å². The van der Waals surface area contributed by atoms with Crippen LogP contribution in [0.2, 0.25) is 0 Å². The van der Waals surface area contributed by atoms with Crippen LogP contribution in [0.5, 0.6) is 0 Å². The normalized spacial score (nSPS) is 12.5. The molecule has 0 amide bonds. The molecule has 68 heavy (non-hydrogen) atoms. The Hall–Kier alpha value is -7.94. The highest BCUT2D eigenvalue weighted by Gasteiger charge is 2.26. The van der Waals surface area contributed by atoms with E-state index in [4.69, 9.17) is 0 Å². The van der Waals surface area contributed by atoms with E-state index in [9.17, 15) is 0 Å². The van der Waals surface area contributed by atoms with E-state index in [1.165, 1.54) is 60.3 Å². The number of nitrogens with zero attached hydrogens (tertiary/aromatic N) is 2. The van der Waals surface area contributed by atoms with Crippen molar-refractivity contribution in [2.75, 3.05) is 9.80 Å². The summed E-state index contributed by atoms with van der Waals surface area (Å²) in [5, 5.41) is 5.00. The van der Waals surface area contributed by atoms with Gasteiger partial charge >= 0.3 is 0 Å². The van der Waals surface area contributed by atoms with Crippen LogP contribution < -0.4 is 20.2 Å². The molecule has 0 saturated heterocycles. The summed E-state index contributed by atoms with van der Waals surface area (Å²) in [6.45, 7) is 17.1. The molecular weight excluding hydrogens is 821 g/mol. The van der Waals surface area contributed by atoms with E-state index < -0.39 is 0 Å². The Labute approximate surface area is 402 Å². The van der Waals surface area contributed by atoms with Crippen LogP contribution in [0.3, 0.4) is 0 Å². The van der Waals surface area contributed by atoms with Crippen molar-refractivity contribution in [2.45, 2.75) is 51.4 Å². The first-order chi connectivity index (χ1) is 33.1. The molecule has 0 aliphatic heterocycles. The molecule has 2 heteroatoms. The lowest BCUT2D eigenvalue weighted by molar-refractivity contribution is 0.641. The van der Waals surface area contributed by atoms with Crippen molar-refractivity contribution >= 4 is 63.1 Å². The predicted octanol–water partition coefficient (Wildman–Crippen LogP) is 16.4. The van der Waals surface area contributed by atoms with Crippen LogP contribution in [0.1, 0.15) is 73.9 Å². The molecule has 0 spiro atoms. The third kappa shape index (κ3) is 8.39. The lowest BCUT2D eigenvalue weighted by Gasteiger charge is -2.31.